The van der Waals surface area contributed by atoms with Gasteiger partial charge in [-0.25, -0.2) is 0 Å². The second kappa shape index (κ2) is 7.78. The predicted molar refractivity (Wildman–Crippen MR) is 83.1 cm³/mol. The molecule has 1 fully saturated rings. The van der Waals surface area contributed by atoms with E-state index in [1.807, 2.05) is 24.3 Å². The molecule has 0 heterocycles. The molecule has 2 amide bonds. The lowest BCUT2D eigenvalue weighted by Crippen LogP contribution is -2.35. The zero-order valence-corrected chi connectivity index (χ0v) is 12.4. The van der Waals surface area contributed by atoms with E-state index in [1.54, 1.807) is 0 Å². The monoisotopic (exact) mass is 289 g/mol. The second-order valence-corrected chi connectivity index (χ2v) is 5.55. The number of carbonyl (C=O) groups excluding carboxylic acids is 2. The van der Waals surface area contributed by atoms with E-state index in [-0.39, 0.29) is 11.8 Å². The van der Waals surface area contributed by atoms with Gasteiger partial charge in [-0.05, 0) is 49.4 Å². The molecule has 1 aromatic carbocycles. The molecule has 2 rings (SSSR count). The largest absolute Gasteiger partial charge is 0.355 e. The van der Waals surface area contributed by atoms with Gasteiger partial charge in [-0.1, -0.05) is 12.1 Å². The highest BCUT2D eigenvalue weighted by Crippen LogP contribution is 2.27. The molecule has 1 saturated carbocycles. The van der Waals surface area contributed by atoms with Crippen LogP contribution in [0.3, 0.4) is 0 Å². The average molecular weight is 289 g/mol. The molecule has 3 N–H and O–H groups in total. The zero-order chi connectivity index (χ0) is 15.1. The Bertz CT molecular complexity index is 481. The Labute approximate surface area is 125 Å². The van der Waals surface area contributed by atoms with Crippen LogP contribution < -0.4 is 16.0 Å². The normalized spacial score (nSPS) is 13.8. The predicted octanol–water partition coefficient (Wildman–Crippen LogP) is 1.30. The molecule has 5 nitrogen and oxygen atoms in total. The minimum atomic E-state index is -0.0753. The first kappa shape index (κ1) is 15.5. The van der Waals surface area contributed by atoms with Crippen LogP contribution in [0.2, 0.25) is 0 Å². The summed E-state index contributed by atoms with van der Waals surface area (Å²) in [6, 6.07) is 7.66. The fraction of sp³-hybridized carbons (Fsp3) is 0.500. The van der Waals surface area contributed by atoms with Crippen molar-refractivity contribution >= 4 is 17.5 Å². The van der Waals surface area contributed by atoms with Crippen LogP contribution in [0.15, 0.2) is 24.3 Å². The summed E-state index contributed by atoms with van der Waals surface area (Å²) in [6.07, 6.45) is 3.38. The van der Waals surface area contributed by atoms with Gasteiger partial charge in [0.05, 0.1) is 6.54 Å². The molecule has 21 heavy (non-hydrogen) atoms. The Balaban J connectivity index is 1.60. The van der Waals surface area contributed by atoms with Gasteiger partial charge in [0, 0.05) is 19.2 Å². The van der Waals surface area contributed by atoms with Crippen molar-refractivity contribution in [2.75, 3.05) is 25.0 Å². The Morgan fingerprint density at radius 2 is 1.90 bits per heavy atom. The topological polar surface area (TPSA) is 70.2 Å². The van der Waals surface area contributed by atoms with Gasteiger partial charge in [-0.2, -0.15) is 0 Å². The van der Waals surface area contributed by atoms with Gasteiger partial charge < -0.3 is 16.0 Å². The van der Waals surface area contributed by atoms with Crippen LogP contribution in [0.5, 0.6) is 0 Å². The lowest BCUT2D eigenvalue weighted by atomic mass is 10.1. The van der Waals surface area contributed by atoms with E-state index < -0.39 is 0 Å². The lowest BCUT2D eigenvalue weighted by Gasteiger charge is -2.07. The smallest absolute Gasteiger partial charge is 0.233 e. The number of hydrogen-bond donors (Lipinski definition) is 3. The van der Waals surface area contributed by atoms with Crippen molar-refractivity contribution in [3.05, 3.63) is 29.8 Å². The van der Waals surface area contributed by atoms with E-state index in [0.717, 1.165) is 30.1 Å². The molecular weight excluding hydrogens is 266 g/mol. The van der Waals surface area contributed by atoms with Crippen LogP contribution in [-0.4, -0.2) is 31.4 Å². The molecule has 1 aliphatic rings. The summed E-state index contributed by atoms with van der Waals surface area (Å²) in [5.41, 5.74) is 1.93. The highest BCUT2D eigenvalue weighted by molar-refractivity contribution is 5.88. The van der Waals surface area contributed by atoms with Gasteiger partial charge in [0.1, 0.15) is 0 Å². The second-order valence-electron chi connectivity index (χ2n) is 5.55. The molecule has 0 aliphatic heterocycles. The van der Waals surface area contributed by atoms with Crippen LogP contribution in [0.25, 0.3) is 0 Å². The van der Waals surface area contributed by atoms with Crippen LogP contribution >= 0.6 is 0 Å². The first-order valence-corrected chi connectivity index (χ1v) is 7.47. The number of amides is 2. The minimum Gasteiger partial charge on any atom is -0.355 e. The van der Waals surface area contributed by atoms with Crippen LogP contribution in [-0.2, 0) is 16.0 Å². The summed E-state index contributed by atoms with van der Waals surface area (Å²) in [5.74, 6) is 0.763. The number of anilines is 1. The number of rotatable bonds is 8. The van der Waals surface area contributed by atoms with Crippen LogP contribution in [0.4, 0.5) is 5.69 Å². The van der Waals surface area contributed by atoms with E-state index >= 15 is 0 Å². The number of benzene rings is 1. The molecule has 0 bridgehead atoms. The number of nitrogens with one attached hydrogen (secondary N) is 3. The Morgan fingerprint density at radius 3 is 2.52 bits per heavy atom. The van der Waals surface area contributed by atoms with E-state index in [1.165, 1.54) is 19.8 Å². The van der Waals surface area contributed by atoms with Gasteiger partial charge in [0.15, 0.2) is 0 Å². The standard InChI is InChI=1S/C16H23N3O2/c1-12(20)19-15-6-4-13(5-7-15)8-9-18-16(21)11-17-10-14-2-3-14/h4-7,14,17H,2-3,8-11H2,1H3,(H,18,21)(H,19,20). The minimum absolute atomic E-state index is 0.0468. The quantitative estimate of drug-likeness (QED) is 0.675. The van der Waals surface area contributed by atoms with Crippen molar-refractivity contribution in [3.8, 4) is 0 Å². The van der Waals surface area contributed by atoms with Gasteiger partial charge in [-0.15, -0.1) is 0 Å². The maximum atomic E-state index is 11.6. The molecule has 1 aromatic rings. The third-order valence-corrected chi connectivity index (χ3v) is 3.43. The zero-order valence-electron chi connectivity index (χ0n) is 12.4. The highest BCUT2D eigenvalue weighted by atomic mass is 16.2. The summed E-state index contributed by atoms with van der Waals surface area (Å²) in [5, 5.41) is 8.80. The van der Waals surface area contributed by atoms with E-state index in [0.29, 0.717) is 13.1 Å². The first-order chi connectivity index (χ1) is 10.1. The highest BCUT2D eigenvalue weighted by Gasteiger charge is 2.20. The Morgan fingerprint density at radius 1 is 1.19 bits per heavy atom. The third kappa shape index (κ3) is 6.40. The summed E-state index contributed by atoms with van der Waals surface area (Å²) < 4.78 is 0. The van der Waals surface area contributed by atoms with Gasteiger partial charge in [-0.3, -0.25) is 9.59 Å². The molecule has 5 heteroatoms. The Hall–Kier alpha value is -1.88. The van der Waals surface area contributed by atoms with E-state index in [2.05, 4.69) is 16.0 Å². The summed E-state index contributed by atoms with van der Waals surface area (Å²) in [4.78, 5) is 22.5. The maximum absolute atomic E-state index is 11.6. The fourth-order valence-electron chi connectivity index (χ4n) is 2.08. The van der Waals surface area contributed by atoms with Crippen LogP contribution in [0.1, 0.15) is 25.3 Å². The number of hydrogen-bond acceptors (Lipinski definition) is 3. The van der Waals surface area contributed by atoms with Gasteiger partial charge in [0.2, 0.25) is 11.8 Å². The van der Waals surface area contributed by atoms with Crippen molar-refractivity contribution in [2.45, 2.75) is 26.2 Å². The molecule has 114 valence electrons. The first-order valence-electron chi connectivity index (χ1n) is 7.47. The van der Waals surface area contributed by atoms with E-state index in [9.17, 15) is 9.59 Å². The average Bonchev–Trinajstić information content (AvgIpc) is 3.24. The lowest BCUT2D eigenvalue weighted by molar-refractivity contribution is -0.120. The van der Waals surface area contributed by atoms with Crippen molar-refractivity contribution in [2.24, 2.45) is 5.92 Å². The maximum Gasteiger partial charge on any atom is 0.233 e. The van der Waals surface area contributed by atoms with Gasteiger partial charge in [0.25, 0.3) is 0 Å². The summed E-state index contributed by atoms with van der Waals surface area (Å²) in [6.45, 7) is 3.47. The van der Waals surface area contributed by atoms with Crippen molar-refractivity contribution in [3.63, 3.8) is 0 Å². The third-order valence-electron chi connectivity index (χ3n) is 3.43. The van der Waals surface area contributed by atoms with Crippen molar-refractivity contribution in [1.82, 2.24) is 10.6 Å². The van der Waals surface area contributed by atoms with E-state index in [4.69, 9.17) is 0 Å². The van der Waals surface area contributed by atoms with Crippen molar-refractivity contribution in [1.29, 1.82) is 0 Å². The molecule has 0 aromatic heterocycles. The molecule has 0 atom stereocenters. The fourth-order valence-corrected chi connectivity index (χ4v) is 2.08. The summed E-state index contributed by atoms with van der Waals surface area (Å²) in [7, 11) is 0. The molecule has 0 radical (unpaired) electrons. The molecule has 0 unspecified atom stereocenters. The van der Waals surface area contributed by atoms with Crippen LogP contribution in [0, 0.1) is 5.92 Å². The SMILES string of the molecule is CC(=O)Nc1ccc(CCNC(=O)CNCC2CC2)cc1. The summed E-state index contributed by atoms with van der Waals surface area (Å²) >= 11 is 0. The molecule has 1 aliphatic carbocycles. The van der Waals surface area contributed by atoms with Crippen molar-refractivity contribution < 1.29 is 9.59 Å². The molecular formula is C16H23N3O2. The number of carbonyl (C=O) groups is 2. The molecule has 0 saturated heterocycles. The molecule has 0 spiro atoms. The van der Waals surface area contributed by atoms with Gasteiger partial charge >= 0.3 is 0 Å². The Kier molecular flexibility index (Phi) is 5.75.